The zero-order valence-corrected chi connectivity index (χ0v) is 14.6. The molecule has 0 saturated carbocycles. The molecule has 4 nitrogen and oxygen atoms in total. The number of halogens is 1. The first kappa shape index (κ1) is 16.4. The van der Waals surface area contributed by atoms with Crippen LogP contribution in [0.25, 0.3) is 11.5 Å². The number of rotatable bonds is 5. The average Bonchev–Trinajstić information content (AvgIpc) is 3.19. The van der Waals surface area contributed by atoms with E-state index in [1.165, 1.54) is 0 Å². The lowest BCUT2D eigenvalue weighted by atomic mass is 10.1. The summed E-state index contributed by atoms with van der Waals surface area (Å²) in [5, 5.41) is 12.6. The van der Waals surface area contributed by atoms with E-state index in [9.17, 15) is 0 Å². The molecular weight excluding hydrogens is 346 g/mol. The molecule has 0 spiro atoms. The minimum atomic E-state index is -0.262. The van der Waals surface area contributed by atoms with E-state index in [4.69, 9.17) is 16.0 Å². The highest BCUT2D eigenvalue weighted by Crippen LogP contribution is 2.28. The van der Waals surface area contributed by atoms with Gasteiger partial charge in [0.05, 0.1) is 0 Å². The van der Waals surface area contributed by atoms with Gasteiger partial charge in [0.15, 0.2) is 0 Å². The predicted molar refractivity (Wildman–Crippen MR) is 103 cm³/mol. The fourth-order valence-electron chi connectivity index (χ4n) is 2.69. The van der Waals surface area contributed by atoms with Crippen LogP contribution in [0.5, 0.6) is 0 Å². The van der Waals surface area contributed by atoms with E-state index in [2.05, 4.69) is 15.5 Å². The summed E-state index contributed by atoms with van der Waals surface area (Å²) in [5.74, 6) is 1.00. The fraction of sp³-hybridized carbons (Fsp3) is 0.0476. The van der Waals surface area contributed by atoms with Gasteiger partial charge < -0.3 is 9.73 Å². The molecule has 3 aromatic carbocycles. The van der Waals surface area contributed by atoms with Crippen LogP contribution in [0.2, 0.25) is 5.02 Å². The lowest BCUT2D eigenvalue weighted by Crippen LogP contribution is -2.12. The second-order valence-electron chi connectivity index (χ2n) is 5.81. The Bertz CT molecular complexity index is 969. The Morgan fingerprint density at radius 1 is 0.769 bits per heavy atom. The highest BCUT2D eigenvalue weighted by atomic mass is 35.5. The quantitative estimate of drug-likeness (QED) is 0.503. The van der Waals surface area contributed by atoms with Crippen molar-refractivity contribution in [3.8, 4) is 11.5 Å². The minimum absolute atomic E-state index is 0.262. The summed E-state index contributed by atoms with van der Waals surface area (Å²) in [7, 11) is 0. The molecule has 0 aliphatic rings. The number of hydrogen-bond donors (Lipinski definition) is 1. The highest BCUT2D eigenvalue weighted by molar-refractivity contribution is 6.30. The van der Waals surface area contributed by atoms with Crippen LogP contribution in [-0.2, 0) is 0 Å². The van der Waals surface area contributed by atoms with Gasteiger partial charge in [-0.25, -0.2) is 0 Å². The maximum Gasteiger partial charge on any atom is 0.247 e. The van der Waals surface area contributed by atoms with Gasteiger partial charge in [0.1, 0.15) is 6.04 Å². The van der Waals surface area contributed by atoms with E-state index >= 15 is 0 Å². The Morgan fingerprint density at radius 2 is 1.42 bits per heavy atom. The van der Waals surface area contributed by atoms with Crippen molar-refractivity contribution in [3.63, 3.8) is 0 Å². The Kier molecular flexibility index (Phi) is 4.67. The fourth-order valence-corrected chi connectivity index (χ4v) is 2.82. The van der Waals surface area contributed by atoms with E-state index < -0.39 is 0 Å². The number of hydrogen-bond acceptors (Lipinski definition) is 4. The summed E-state index contributed by atoms with van der Waals surface area (Å²) >= 11 is 5.98. The van der Waals surface area contributed by atoms with Crippen LogP contribution in [0.4, 0.5) is 5.69 Å². The largest absolute Gasteiger partial charge is 0.418 e. The van der Waals surface area contributed by atoms with Gasteiger partial charge in [-0.2, -0.15) is 0 Å². The third kappa shape index (κ3) is 3.60. The number of nitrogens with zero attached hydrogens (tertiary/aromatic N) is 2. The zero-order valence-electron chi connectivity index (χ0n) is 13.8. The molecule has 0 radical (unpaired) electrons. The van der Waals surface area contributed by atoms with Gasteiger partial charge in [-0.1, -0.05) is 60.1 Å². The van der Waals surface area contributed by atoms with Crippen molar-refractivity contribution < 1.29 is 4.42 Å². The molecule has 0 fully saturated rings. The summed E-state index contributed by atoms with van der Waals surface area (Å²) in [6, 6.07) is 27.0. The first-order chi connectivity index (χ1) is 12.8. The molecule has 0 aliphatic carbocycles. The van der Waals surface area contributed by atoms with Crippen molar-refractivity contribution in [2.24, 2.45) is 0 Å². The van der Waals surface area contributed by atoms with E-state index in [-0.39, 0.29) is 6.04 Å². The Balaban J connectivity index is 1.69. The second-order valence-corrected chi connectivity index (χ2v) is 6.24. The molecule has 26 heavy (non-hydrogen) atoms. The Hall–Kier alpha value is -3.11. The van der Waals surface area contributed by atoms with Gasteiger partial charge in [0.25, 0.3) is 0 Å². The number of nitrogens with one attached hydrogen (secondary N) is 1. The molecule has 1 N–H and O–H groups in total. The van der Waals surface area contributed by atoms with E-state index in [1.54, 1.807) is 0 Å². The summed E-state index contributed by atoms with van der Waals surface area (Å²) in [6.45, 7) is 0. The summed E-state index contributed by atoms with van der Waals surface area (Å²) in [5.41, 5.74) is 2.85. The molecule has 4 aromatic rings. The van der Waals surface area contributed by atoms with E-state index in [0.717, 1.165) is 16.8 Å². The molecule has 0 saturated heterocycles. The number of aromatic nitrogens is 2. The van der Waals surface area contributed by atoms with Crippen molar-refractivity contribution in [2.45, 2.75) is 6.04 Å². The van der Waals surface area contributed by atoms with E-state index in [0.29, 0.717) is 16.8 Å². The molecule has 0 aliphatic heterocycles. The molecule has 1 heterocycles. The summed E-state index contributed by atoms with van der Waals surface area (Å²) in [6.07, 6.45) is 0. The monoisotopic (exact) mass is 361 g/mol. The van der Waals surface area contributed by atoms with Gasteiger partial charge in [0, 0.05) is 16.3 Å². The van der Waals surface area contributed by atoms with Gasteiger partial charge in [-0.05, 0) is 42.0 Å². The number of anilines is 1. The molecule has 0 unspecified atom stereocenters. The lowest BCUT2D eigenvalue weighted by Gasteiger charge is -2.17. The van der Waals surface area contributed by atoms with Crippen molar-refractivity contribution in [1.82, 2.24) is 10.2 Å². The Labute approximate surface area is 156 Å². The van der Waals surface area contributed by atoms with Crippen LogP contribution in [-0.4, -0.2) is 10.2 Å². The van der Waals surface area contributed by atoms with Crippen molar-refractivity contribution in [3.05, 3.63) is 101 Å². The van der Waals surface area contributed by atoms with Crippen LogP contribution < -0.4 is 5.32 Å². The second kappa shape index (κ2) is 7.42. The molecule has 0 bridgehead atoms. The maximum absolute atomic E-state index is 5.98. The van der Waals surface area contributed by atoms with Crippen LogP contribution in [0, 0.1) is 0 Å². The summed E-state index contributed by atoms with van der Waals surface area (Å²) in [4.78, 5) is 0. The molecule has 4 rings (SSSR count). The van der Waals surface area contributed by atoms with Crippen molar-refractivity contribution in [1.29, 1.82) is 0 Å². The molecule has 1 aromatic heterocycles. The maximum atomic E-state index is 5.98. The van der Waals surface area contributed by atoms with Crippen molar-refractivity contribution in [2.75, 3.05) is 5.32 Å². The van der Waals surface area contributed by atoms with Crippen LogP contribution in [0.15, 0.2) is 89.3 Å². The number of benzene rings is 3. The first-order valence-corrected chi connectivity index (χ1v) is 8.63. The minimum Gasteiger partial charge on any atom is -0.418 e. The molecular formula is C21H16ClN3O. The lowest BCUT2D eigenvalue weighted by molar-refractivity contribution is 0.494. The SMILES string of the molecule is Clc1ccc(N[C@H](c2ccccc2)c2nnc(-c3ccccc3)o2)cc1. The highest BCUT2D eigenvalue weighted by Gasteiger charge is 2.21. The van der Waals surface area contributed by atoms with Crippen LogP contribution in [0.3, 0.4) is 0 Å². The third-order valence-corrected chi connectivity index (χ3v) is 4.25. The first-order valence-electron chi connectivity index (χ1n) is 8.25. The van der Waals surface area contributed by atoms with Crippen LogP contribution in [0.1, 0.15) is 17.5 Å². The predicted octanol–water partition coefficient (Wildman–Crippen LogP) is 5.59. The molecule has 0 amide bonds. The summed E-state index contributed by atoms with van der Waals surface area (Å²) < 4.78 is 5.97. The van der Waals surface area contributed by atoms with E-state index in [1.807, 2.05) is 84.9 Å². The van der Waals surface area contributed by atoms with Gasteiger partial charge in [-0.3, -0.25) is 0 Å². The topological polar surface area (TPSA) is 51.0 Å². The molecule has 1 atom stereocenters. The standard InChI is InChI=1S/C21H16ClN3O/c22-17-11-13-18(14-12-17)23-19(15-7-3-1-4-8-15)21-25-24-20(26-21)16-9-5-2-6-10-16/h1-14,19,23H/t19-/m1/s1. The zero-order chi connectivity index (χ0) is 17.8. The van der Waals surface area contributed by atoms with Gasteiger partial charge in [-0.15, -0.1) is 10.2 Å². The van der Waals surface area contributed by atoms with Crippen LogP contribution >= 0.6 is 11.6 Å². The smallest absolute Gasteiger partial charge is 0.247 e. The third-order valence-electron chi connectivity index (χ3n) is 4.00. The van der Waals surface area contributed by atoms with Gasteiger partial charge >= 0.3 is 0 Å². The normalized spacial score (nSPS) is 11.9. The Morgan fingerprint density at radius 3 is 2.12 bits per heavy atom. The van der Waals surface area contributed by atoms with Crippen molar-refractivity contribution >= 4 is 17.3 Å². The van der Waals surface area contributed by atoms with Gasteiger partial charge in [0.2, 0.25) is 11.8 Å². The molecule has 128 valence electrons. The molecule has 5 heteroatoms. The average molecular weight is 362 g/mol.